The quantitative estimate of drug-likeness (QED) is 0.888. The van der Waals surface area contributed by atoms with E-state index in [-0.39, 0.29) is 17.7 Å². The van der Waals surface area contributed by atoms with Gasteiger partial charge in [0, 0.05) is 4.47 Å². The summed E-state index contributed by atoms with van der Waals surface area (Å²) in [5.74, 6) is 0. The van der Waals surface area contributed by atoms with Gasteiger partial charge in [0.15, 0.2) is 0 Å². The first kappa shape index (κ1) is 12.7. The van der Waals surface area contributed by atoms with E-state index in [0.717, 1.165) is 6.07 Å². The van der Waals surface area contributed by atoms with Crippen molar-refractivity contribution in [1.29, 1.82) is 0 Å². The van der Waals surface area contributed by atoms with Crippen LogP contribution in [0.5, 0.6) is 0 Å². The summed E-state index contributed by atoms with van der Waals surface area (Å²) in [6.45, 7) is 0. The predicted molar refractivity (Wildman–Crippen MR) is 61.1 cm³/mol. The molecule has 0 saturated carbocycles. The zero-order chi connectivity index (χ0) is 13.3. The van der Waals surface area contributed by atoms with Gasteiger partial charge in [0.25, 0.3) is 0 Å². The van der Waals surface area contributed by atoms with Crippen molar-refractivity contribution in [2.75, 3.05) is 11.1 Å². The molecule has 5 nitrogen and oxygen atoms in total. The van der Waals surface area contributed by atoms with Crippen LogP contribution < -0.4 is 11.1 Å². The number of nitrogen functional groups attached to an aromatic ring is 1. The molecule has 18 heavy (non-hydrogen) atoms. The molecular weight excluding hydrogens is 317 g/mol. The van der Waals surface area contributed by atoms with Crippen LogP contribution in [0, 0.1) is 0 Å². The Bertz CT molecular complexity index is 569. The van der Waals surface area contributed by atoms with E-state index in [0.29, 0.717) is 4.47 Å². The number of hydrogen-bond donors (Lipinski definition) is 2. The lowest BCUT2D eigenvalue weighted by Gasteiger charge is -2.12. The Balaban J connectivity index is 2.38. The van der Waals surface area contributed by atoms with Crippen LogP contribution in [0.2, 0.25) is 0 Å². The van der Waals surface area contributed by atoms with Gasteiger partial charge in [-0.2, -0.15) is 13.2 Å². The van der Waals surface area contributed by atoms with Gasteiger partial charge in [0.2, 0.25) is 0 Å². The topological polar surface area (TPSA) is 77.0 Å². The highest BCUT2D eigenvalue weighted by Crippen LogP contribution is 2.37. The van der Waals surface area contributed by atoms with Crippen LogP contribution in [0.4, 0.5) is 30.9 Å². The number of nitrogens with zero attached hydrogens (tertiary/aromatic N) is 2. The number of halogens is 4. The summed E-state index contributed by atoms with van der Waals surface area (Å²) >= 11 is 2.98. The summed E-state index contributed by atoms with van der Waals surface area (Å²) in [7, 11) is 0. The summed E-state index contributed by atoms with van der Waals surface area (Å²) in [5.41, 5.74) is 4.12. The highest BCUT2D eigenvalue weighted by molar-refractivity contribution is 9.10. The molecule has 0 spiro atoms. The van der Waals surface area contributed by atoms with Crippen molar-refractivity contribution in [3.05, 3.63) is 28.2 Å². The van der Waals surface area contributed by atoms with Crippen LogP contribution in [0.25, 0.3) is 0 Å². The van der Waals surface area contributed by atoms with Gasteiger partial charge in [0.05, 0.1) is 11.3 Å². The van der Waals surface area contributed by atoms with Crippen molar-refractivity contribution >= 4 is 33.6 Å². The molecule has 96 valence electrons. The van der Waals surface area contributed by atoms with Gasteiger partial charge in [-0.3, -0.25) is 0 Å². The SMILES string of the molecule is Nc1nnc(Nc2ccc(Br)cc2C(F)(F)F)o1. The van der Waals surface area contributed by atoms with E-state index in [1.54, 1.807) is 0 Å². The van der Waals surface area contributed by atoms with Gasteiger partial charge in [-0.1, -0.05) is 26.1 Å². The number of alkyl halides is 3. The summed E-state index contributed by atoms with van der Waals surface area (Å²) in [5, 5.41) is 9.12. The largest absolute Gasteiger partial charge is 0.418 e. The summed E-state index contributed by atoms with van der Waals surface area (Å²) in [6, 6.07) is 3.20. The molecule has 0 amide bonds. The van der Waals surface area contributed by atoms with E-state index in [1.807, 2.05) is 0 Å². The van der Waals surface area contributed by atoms with Crippen LogP contribution in [0.1, 0.15) is 5.56 Å². The number of hydrogen-bond acceptors (Lipinski definition) is 5. The monoisotopic (exact) mass is 322 g/mol. The van der Waals surface area contributed by atoms with Gasteiger partial charge < -0.3 is 15.5 Å². The van der Waals surface area contributed by atoms with E-state index < -0.39 is 11.7 Å². The Labute approximate surface area is 107 Å². The Morgan fingerprint density at radius 2 is 2.00 bits per heavy atom. The standard InChI is InChI=1S/C9H6BrF3N4O/c10-4-1-2-6(5(3-4)9(11,12)13)15-8-17-16-7(14)18-8/h1-3H,(H2,14,16)(H,15,17). The number of anilines is 3. The lowest BCUT2D eigenvalue weighted by atomic mass is 10.1. The minimum Gasteiger partial charge on any atom is -0.389 e. The lowest BCUT2D eigenvalue weighted by Crippen LogP contribution is -2.09. The number of nitrogens with two attached hydrogens (primary N) is 1. The molecular formula is C9H6BrF3N4O. The fraction of sp³-hybridized carbons (Fsp3) is 0.111. The molecule has 0 bridgehead atoms. The number of aromatic nitrogens is 2. The van der Waals surface area contributed by atoms with Crippen molar-refractivity contribution in [3.8, 4) is 0 Å². The molecule has 3 N–H and O–H groups in total. The average Bonchev–Trinajstić information content (AvgIpc) is 2.65. The van der Waals surface area contributed by atoms with E-state index in [4.69, 9.17) is 10.2 Å². The number of benzene rings is 1. The molecule has 0 unspecified atom stereocenters. The Hall–Kier alpha value is -1.77. The zero-order valence-electron chi connectivity index (χ0n) is 8.62. The minimum absolute atomic E-state index is 0.200. The molecule has 1 aromatic carbocycles. The third-order valence-electron chi connectivity index (χ3n) is 1.97. The molecule has 0 radical (unpaired) electrons. The Kier molecular flexibility index (Phi) is 3.16. The second kappa shape index (κ2) is 4.48. The molecule has 0 fully saturated rings. The smallest absolute Gasteiger partial charge is 0.389 e. The molecule has 1 heterocycles. The van der Waals surface area contributed by atoms with E-state index in [9.17, 15) is 13.2 Å². The second-order valence-electron chi connectivity index (χ2n) is 3.26. The molecule has 0 saturated heterocycles. The molecule has 2 rings (SSSR count). The van der Waals surface area contributed by atoms with Gasteiger partial charge in [-0.15, -0.1) is 0 Å². The first-order chi connectivity index (χ1) is 8.36. The fourth-order valence-electron chi connectivity index (χ4n) is 1.26. The Morgan fingerprint density at radius 3 is 2.56 bits per heavy atom. The molecule has 1 aromatic heterocycles. The number of nitrogens with one attached hydrogen (secondary N) is 1. The normalized spacial score (nSPS) is 11.6. The molecule has 0 aliphatic carbocycles. The van der Waals surface area contributed by atoms with Crippen molar-refractivity contribution in [3.63, 3.8) is 0 Å². The van der Waals surface area contributed by atoms with Crippen LogP contribution in [0.15, 0.2) is 27.1 Å². The highest BCUT2D eigenvalue weighted by atomic mass is 79.9. The molecule has 0 atom stereocenters. The van der Waals surface area contributed by atoms with Gasteiger partial charge in [0.1, 0.15) is 0 Å². The molecule has 9 heteroatoms. The summed E-state index contributed by atoms with van der Waals surface area (Å²) in [4.78, 5) is 0. The van der Waals surface area contributed by atoms with Gasteiger partial charge in [-0.25, -0.2) is 0 Å². The van der Waals surface area contributed by atoms with E-state index >= 15 is 0 Å². The van der Waals surface area contributed by atoms with Crippen LogP contribution in [0.3, 0.4) is 0 Å². The summed E-state index contributed by atoms with van der Waals surface area (Å²) in [6.07, 6.45) is -4.50. The zero-order valence-corrected chi connectivity index (χ0v) is 10.2. The molecule has 0 aliphatic heterocycles. The first-order valence-electron chi connectivity index (χ1n) is 4.59. The predicted octanol–water partition coefficient (Wildman–Crippen LogP) is 3.18. The van der Waals surface area contributed by atoms with E-state index in [1.165, 1.54) is 12.1 Å². The van der Waals surface area contributed by atoms with Crippen molar-refractivity contribution < 1.29 is 17.6 Å². The van der Waals surface area contributed by atoms with Crippen LogP contribution in [-0.2, 0) is 6.18 Å². The van der Waals surface area contributed by atoms with Gasteiger partial charge in [-0.05, 0) is 18.2 Å². The minimum atomic E-state index is -4.50. The third-order valence-corrected chi connectivity index (χ3v) is 2.46. The summed E-state index contributed by atoms with van der Waals surface area (Å²) < 4.78 is 43.4. The third kappa shape index (κ3) is 2.73. The maximum absolute atomic E-state index is 12.8. The number of rotatable bonds is 2. The maximum atomic E-state index is 12.8. The van der Waals surface area contributed by atoms with Crippen LogP contribution in [-0.4, -0.2) is 10.2 Å². The fourth-order valence-corrected chi connectivity index (χ4v) is 1.62. The average molecular weight is 323 g/mol. The van der Waals surface area contributed by atoms with E-state index in [2.05, 4.69) is 31.4 Å². The molecule has 2 aromatic rings. The van der Waals surface area contributed by atoms with Crippen molar-refractivity contribution in [2.45, 2.75) is 6.18 Å². The first-order valence-corrected chi connectivity index (χ1v) is 5.38. The van der Waals surface area contributed by atoms with Gasteiger partial charge >= 0.3 is 18.2 Å². The van der Waals surface area contributed by atoms with Crippen molar-refractivity contribution in [2.24, 2.45) is 0 Å². The highest BCUT2D eigenvalue weighted by Gasteiger charge is 2.34. The molecule has 0 aliphatic rings. The van der Waals surface area contributed by atoms with Crippen molar-refractivity contribution in [1.82, 2.24) is 10.2 Å². The second-order valence-corrected chi connectivity index (χ2v) is 4.17. The lowest BCUT2D eigenvalue weighted by molar-refractivity contribution is -0.137. The van der Waals surface area contributed by atoms with Crippen LogP contribution >= 0.6 is 15.9 Å². The Morgan fingerprint density at radius 1 is 1.28 bits per heavy atom. The maximum Gasteiger partial charge on any atom is 0.418 e.